The molecule has 0 aliphatic heterocycles. The summed E-state index contributed by atoms with van der Waals surface area (Å²) in [4.78, 5) is 24.6. The standard InChI is InChI=1S/C16H17Cl2F2NO3/c17-8-13(22)21(10-11-4-2-1-3-5-11)15-12(24-14(23)9-18)6-7-16(15,19)20/h1-5,12,15H,6-10H2. The van der Waals surface area contributed by atoms with Crippen LogP contribution in [0.15, 0.2) is 30.3 Å². The molecule has 0 spiro atoms. The van der Waals surface area contributed by atoms with Crippen molar-refractivity contribution in [2.24, 2.45) is 0 Å². The van der Waals surface area contributed by atoms with Crippen molar-refractivity contribution in [2.75, 3.05) is 11.8 Å². The number of esters is 1. The molecule has 0 heterocycles. The average molecular weight is 380 g/mol. The van der Waals surface area contributed by atoms with Crippen molar-refractivity contribution in [2.45, 2.75) is 37.5 Å². The number of carbonyl (C=O) groups excluding carboxylic acids is 2. The Labute approximate surface area is 148 Å². The Hall–Kier alpha value is -1.40. The van der Waals surface area contributed by atoms with Gasteiger partial charge in [0.2, 0.25) is 5.91 Å². The number of hydrogen-bond acceptors (Lipinski definition) is 3. The van der Waals surface area contributed by atoms with E-state index in [0.717, 1.165) is 4.90 Å². The molecule has 0 radical (unpaired) electrons. The fourth-order valence-corrected chi connectivity index (χ4v) is 3.08. The topological polar surface area (TPSA) is 46.6 Å². The van der Waals surface area contributed by atoms with Crippen LogP contribution in [0, 0.1) is 0 Å². The summed E-state index contributed by atoms with van der Waals surface area (Å²) < 4.78 is 33.8. The monoisotopic (exact) mass is 379 g/mol. The third-order valence-corrected chi connectivity index (χ3v) is 4.35. The van der Waals surface area contributed by atoms with E-state index in [1.807, 2.05) is 0 Å². The van der Waals surface area contributed by atoms with Crippen LogP contribution in [0.4, 0.5) is 8.78 Å². The number of rotatable bonds is 6. The maximum atomic E-state index is 14.4. The van der Waals surface area contributed by atoms with Crippen LogP contribution >= 0.6 is 23.2 Å². The lowest BCUT2D eigenvalue weighted by molar-refractivity contribution is -0.161. The molecule has 1 aliphatic carbocycles. The first-order valence-corrected chi connectivity index (χ1v) is 8.48. The van der Waals surface area contributed by atoms with E-state index in [1.165, 1.54) is 0 Å². The highest BCUT2D eigenvalue weighted by atomic mass is 35.5. The fourth-order valence-electron chi connectivity index (χ4n) is 2.86. The summed E-state index contributed by atoms with van der Waals surface area (Å²) >= 11 is 11.0. The molecule has 0 aromatic heterocycles. The summed E-state index contributed by atoms with van der Waals surface area (Å²) in [5.74, 6) is -5.47. The SMILES string of the molecule is O=C(CCl)OC1CCC(F)(F)C1N(Cc1ccccc1)C(=O)CCl. The first-order valence-electron chi connectivity index (χ1n) is 7.41. The zero-order chi connectivity index (χ0) is 17.7. The van der Waals surface area contributed by atoms with E-state index < -0.39 is 48.1 Å². The number of alkyl halides is 4. The fraction of sp³-hybridized carbons (Fsp3) is 0.500. The number of ether oxygens (including phenoxy) is 1. The molecule has 0 saturated heterocycles. The van der Waals surface area contributed by atoms with Crippen molar-refractivity contribution in [3.05, 3.63) is 35.9 Å². The third kappa shape index (κ3) is 4.36. The number of hydrogen-bond donors (Lipinski definition) is 0. The van der Waals surface area contributed by atoms with Gasteiger partial charge in [0, 0.05) is 13.0 Å². The van der Waals surface area contributed by atoms with Gasteiger partial charge in [0.25, 0.3) is 5.92 Å². The Morgan fingerprint density at radius 1 is 1.21 bits per heavy atom. The van der Waals surface area contributed by atoms with Crippen LogP contribution in [-0.2, 0) is 20.9 Å². The van der Waals surface area contributed by atoms with Gasteiger partial charge in [-0.3, -0.25) is 9.59 Å². The summed E-state index contributed by atoms with van der Waals surface area (Å²) in [6.45, 7) is -0.0401. The van der Waals surface area contributed by atoms with E-state index in [0.29, 0.717) is 5.56 Å². The summed E-state index contributed by atoms with van der Waals surface area (Å²) in [5, 5.41) is 0. The molecule has 1 saturated carbocycles. The molecule has 4 nitrogen and oxygen atoms in total. The number of amides is 1. The maximum Gasteiger partial charge on any atom is 0.321 e. The maximum absolute atomic E-state index is 14.4. The third-order valence-electron chi connectivity index (χ3n) is 3.91. The highest BCUT2D eigenvalue weighted by Crippen LogP contribution is 2.41. The molecule has 2 rings (SSSR count). The average Bonchev–Trinajstić information content (AvgIpc) is 2.87. The molecule has 1 aliphatic rings. The van der Waals surface area contributed by atoms with E-state index in [1.54, 1.807) is 30.3 Å². The largest absolute Gasteiger partial charge is 0.459 e. The Kier molecular flexibility index (Phi) is 6.40. The van der Waals surface area contributed by atoms with Crippen molar-refractivity contribution < 1.29 is 23.1 Å². The number of halogens is 4. The lowest BCUT2D eigenvalue weighted by Crippen LogP contribution is -2.53. The normalized spacial score (nSPS) is 22.2. The molecule has 24 heavy (non-hydrogen) atoms. The van der Waals surface area contributed by atoms with Crippen LogP contribution in [0.1, 0.15) is 18.4 Å². The van der Waals surface area contributed by atoms with Crippen LogP contribution < -0.4 is 0 Å². The highest BCUT2D eigenvalue weighted by molar-refractivity contribution is 6.27. The number of nitrogens with zero attached hydrogens (tertiary/aromatic N) is 1. The second-order valence-corrected chi connectivity index (χ2v) is 6.08. The molecule has 2 atom stereocenters. The minimum absolute atomic E-state index is 0.0401. The van der Waals surface area contributed by atoms with E-state index >= 15 is 0 Å². The van der Waals surface area contributed by atoms with Gasteiger partial charge in [0.1, 0.15) is 23.9 Å². The van der Waals surface area contributed by atoms with Gasteiger partial charge < -0.3 is 9.64 Å². The van der Waals surface area contributed by atoms with Crippen molar-refractivity contribution in [3.63, 3.8) is 0 Å². The van der Waals surface area contributed by atoms with Crippen LogP contribution in [0.2, 0.25) is 0 Å². The van der Waals surface area contributed by atoms with Gasteiger partial charge >= 0.3 is 5.97 Å². The quantitative estimate of drug-likeness (QED) is 0.563. The van der Waals surface area contributed by atoms with Gasteiger partial charge in [-0.25, -0.2) is 8.78 Å². The minimum atomic E-state index is -3.17. The van der Waals surface area contributed by atoms with Gasteiger partial charge in [-0.2, -0.15) is 0 Å². The van der Waals surface area contributed by atoms with E-state index in [4.69, 9.17) is 27.9 Å². The molecule has 1 aromatic rings. The Balaban J connectivity index is 2.29. The van der Waals surface area contributed by atoms with Crippen LogP contribution in [0.5, 0.6) is 0 Å². The summed E-state index contributed by atoms with van der Waals surface area (Å²) in [5.41, 5.74) is 0.682. The molecule has 1 fully saturated rings. The Bertz CT molecular complexity index is 586. The molecule has 2 unspecified atom stereocenters. The minimum Gasteiger partial charge on any atom is -0.459 e. The van der Waals surface area contributed by atoms with Crippen molar-refractivity contribution >= 4 is 35.1 Å². The molecular formula is C16H17Cl2F2NO3. The molecule has 0 N–H and O–H groups in total. The van der Waals surface area contributed by atoms with Crippen LogP contribution in [0.25, 0.3) is 0 Å². The molecule has 8 heteroatoms. The predicted molar refractivity (Wildman–Crippen MR) is 86.3 cm³/mol. The second-order valence-electron chi connectivity index (χ2n) is 5.55. The van der Waals surface area contributed by atoms with Gasteiger partial charge in [-0.05, 0) is 12.0 Å². The second kappa shape index (κ2) is 8.12. The van der Waals surface area contributed by atoms with E-state index in [2.05, 4.69) is 0 Å². The van der Waals surface area contributed by atoms with Gasteiger partial charge in [0.05, 0.1) is 0 Å². The first-order chi connectivity index (χ1) is 11.4. The zero-order valence-corrected chi connectivity index (χ0v) is 14.3. The van der Waals surface area contributed by atoms with Crippen molar-refractivity contribution in [3.8, 4) is 0 Å². The lowest BCUT2D eigenvalue weighted by Gasteiger charge is -2.35. The molecule has 1 amide bonds. The molecule has 132 valence electrons. The van der Waals surface area contributed by atoms with E-state index in [9.17, 15) is 18.4 Å². The van der Waals surface area contributed by atoms with Crippen LogP contribution in [0.3, 0.4) is 0 Å². The van der Waals surface area contributed by atoms with Crippen molar-refractivity contribution in [1.82, 2.24) is 4.90 Å². The van der Waals surface area contributed by atoms with Crippen LogP contribution in [-0.4, -0.2) is 46.6 Å². The number of benzene rings is 1. The smallest absolute Gasteiger partial charge is 0.321 e. The lowest BCUT2D eigenvalue weighted by atomic mass is 10.1. The summed E-state index contributed by atoms with van der Waals surface area (Å²) in [6.07, 6.45) is -1.62. The zero-order valence-electron chi connectivity index (χ0n) is 12.8. The molecular weight excluding hydrogens is 363 g/mol. The van der Waals surface area contributed by atoms with E-state index in [-0.39, 0.29) is 13.0 Å². The van der Waals surface area contributed by atoms with Gasteiger partial charge in [-0.1, -0.05) is 30.3 Å². The first kappa shape index (κ1) is 18.9. The van der Waals surface area contributed by atoms with Crippen molar-refractivity contribution in [1.29, 1.82) is 0 Å². The van der Waals surface area contributed by atoms with Gasteiger partial charge in [0.15, 0.2) is 0 Å². The Morgan fingerprint density at radius 3 is 2.46 bits per heavy atom. The predicted octanol–water partition coefficient (Wildman–Crippen LogP) is 3.20. The molecule has 1 aromatic carbocycles. The molecule has 0 bridgehead atoms. The number of carbonyl (C=O) groups is 2. The Morgan fingerprint density at radius 2 is 1.88 bits per heavy atom. The summed E-state index contributed by atoms with van der Waals surface area (Å²) in [6, 6.07) is 7.17. The summed E-state index contributed by atoms with van der Waals surface area (Å²) in [7, 11) is 0. The highest BCUT2D eigenvalue weighted by Gasteiger charge is 2.55. The van der Waals surface area contributed by atoms with Gasteiger partial charge in [-0.15, -0.1) is 23.2 Å².